The predicted octanol–water partition coefficient (Wildman–Crippen LogP) is 3.03. The Morgan fingerprint density at radius 2 is 2.25 bits per heavy atom. The number of hydrogen-bond acceptors (Lipinski definition) is 2. The molecule has 0 amide bonds. The standard InChI is InChI=1S/C12H14BrNO2/c1-8-2-3-10(9(13)6-8)14-7-12(4-5-12)11(15)16/h2-3,6,14H,4-5,7H2,1H3,(H,15,16). The Morgan fingerprint density at radius 1 is 1.56 bits per heavy atom. The molecule has 0 heterocycles. The molecule has 0 aliphatic heterocycles. The highest BCUT2D eigenvalue weighted by atomic mass is 79.9. The van der Waals surface area contributed by atoms with E-state index in [9.17, 15) is 4.79 Å². The van der Waals surface area contributed by atoms with Crippen LogP contribution in [0, 0.1) is 12.3 Å². The van der Waals surface area contributed by atoms with Crippen molar-refractivity contribution in [2.45, 2.75) is 19.8 Å². The fourth-order valence-corrected chi connectivity index (χ4v) is 2.28. The lowest BCUT2D eigenvalue weighted by Gasteiger charge is -2.13. The van der Waals surface area contributed by atoms with Gasteiger partial charge in [0.05, 0.1) is 5.41 Å². The van der Waals surface area contributed by atoms with E-state index in [2.05, 4.69) is 21.2 Å². The van der Waals surface area contributed by atoms with Gasteiger partial charge >= 0.3 is 5.97 Å². The second-order valence-electron chi connectivity index (χ2n) is 4.42. The van der Waals surface area contributed by atoms with Crippen molar-refractivity contribution < 1.29 is 9.90 Å². The van der Waals surface area contributed by atoms with Gasteiger partial charge in [-0.1, -0.05) is 6.07 Å². The summed E-state index contributed by atoms with van der Waals surface area (Å²) in [7, 11) is 0. The first-order chi connectivity index (χ1) is 7.53. The molecule has 1 aliphatic rings. The molecule has 3 nitrogen and oxygen atoms in total. The molecule has 0 saturated heterocycles. The quantitative estimate of drug-likeness (QED) is 0.893. The maximum absolute atomic E-state index is 11.0. The number of carboxylic acids is 1. The fourth-order valence-electron chi connectivity index (χ4n) is 1.65. The van der Waals surface area contributed by atoms with Gasteiger partial charge in [0.1, 0.15) is 0 Å². The van der Waals surface area contributed by atoms with Gasteiger partial charge in [-0.3, -0.25) is 4.79 Å². The van der Waals surface area contributed by atoms with Crippen LogP contribution in [0.15, 0.2) is 22.7 Å². The van der Waals surface area contributed by atoms with Gasteiger partial charge in [-0.05, 0) is 53.4 Å². The number of anilines is 1. The molecular formula is C12H14BrNO2. The lowest BCUT2D eigenvalue weighted by atomic mass is 10.1. The maximum atomic E-state index is 11.0. The monoisotopic (exact) mass is 283 g/mol. The topological polar surface area (TPSA) is 49.3 Å². The van der Waals surface area contributed by atoms with Crippen molar-refractivity contribution in [3.05, 3.63) is 28.2 Å². The van der Waals surface area contributed by atoms with E-state index in [4.69, 9.17) is 5.11 Å². The Labute approximate surface area is 103 Å². The smallest absolute Gasteiger partial charge is 0.311 e. The summed E-state index contributed by atoms with van der Waals surface area (Å²) in [6.07, 6.45) is 1.55. The molecule has 4 heteroatoms. The number of nitrogens with one attached hydrogen (secondary N) is 1. The van der Waals surface area contributed by atoms with E-state index in [0.29, 0.717) is 6.54 Å². The van der Waals surface area contributed by atoms with E-state index in [1.165, 1.54) is 5.56 Å². The number of carbonyl (C=O) groups is 1. The van der Waals surface area contributed by atoms with E-state index >= 15 is 0 Å². The highest BCUT2D eigenvalue weighted by molar-refractivity contribution is 9.10. The average molecular weight is 284 g/mol. The van der Waals surface area contributed by atoms with Gasteiger partial charge in [0.25, 0.3) is 0 Å². The van der Waals surface area contributed by atoms with Gasteiger partial charge in [-0.25, -0.2) is 0 Å². The van der Waals surface area contributed by atoms with Crippen LogP contribution in [0.4, 0.5) is 5.69 Å². The van der Waals surface area contributed by atoms with Crippen molar-refractivity contribution in [2.75, 3.05) is 11.9 Å². The molecule has 2 rings (SSSR count). The van der Waals surface area contributed by atoms with Crippen molar-refractivity contribution in [2.24, 2.45) is 5.41 Å². The number of rotatable bonds is 4. The maximum Gasteiger partial charge on any atom is 0.311 e. The minimum atomic E-state index is -0.691. The zero-order valence-corrected chi connectivity index (χ0v) is 10.7. The summed E-state index contributed by atoms with van der Waals surface area (Å²) in [4.78, 5) is 11.0. The third-order valence-electron chi connectivity index (χ3n) is 3.05. The van der Waals surface area contributed by atoms with E-state index in [1.807, 2.05) is 25.1 Å². The molecule has 0 bridgehead atoms. The predicted molar refractivity (Wildman–Crippen MR) is 66.7 cm³/mol. The van der Waals surface area contributed by atoms with Gasteiger partial charge in [0.15, 0.2) is 0 Å². The molecule has 0 unspecified atom stereocenters. The van der Waals surface area contributed by atoms with Gasteiger partial charge < -0.3 is 10.4 Å². The Morgan fingerprint density at radius 3 is 2.75 bits per heavy atom. The Kier molecular flexibility index (Phi) is 2.93. The number of halogens is 1. The highest BCUT2D eigenvalue weighted by Gasteiger charge is 2.50. The van der Waals surface area contributed by atoms with Crippen LogP contribution in [0.3, 0.4) is 0 Å². The lowest BCUT2D eigenvalue weighted by molar-refractivity contribution is -0.142. The van der Waals surface area contributed by atoms with Crippen LogP contribution in [-0.2, 0) is 4.79 Å². The molecule has 0 radical (unpaired) electrons. The molecule has 0 spiro atoms. The number of carboxylic acid groups (broad SMARTS) is 1. The number of aliphatic carboxylic acids is 1. The van der Waals surface area contributed by atoms with Gasteiger partial charge in [-0.15, -0.1) is 0 Å². The summed E-state index contributed by atoms with van der Waals surface area (Å²) in [5, 5.41) is 12.2. The molecule has 1 aromatic rings. The SMILES string of the molecule is Cc1ccc(NCC2(C(=O)O)CC2)c(Br)c1. The first-order valence-corrected chi connectivity index (χ1v) is 6.06. The normalized spacial score (nSPS) is 16.9. The van der Waals surface area contributed by atoms with E-state index in [0.717, 1.165) is 23.0 Å². The lowest BCUT2D eigenvalue weighted by Crippen LogP contribution is -2.24. The molecular weight excluding hydrogens is 270 g/mol. The second kappa shape index (κ2) is 4.09. The second-order valence-corrected chi connectivity index (χ2v) is 5.28. The average Bonchev–Trinajstić information content (AvgIpc) is 2.97. The first-order valence-electron chi connectivity index (χ1n) is 5.27. The van der Waals surface area contributed by atoms with Gasteiger partial charge in [-0.2, -0.15) is 0 Å². The minimum Gasteiger partial charge on any atom is -0.481 e. The fraction of sp³-hybridized carbons (Fsp3) is 0.417. The molecule has 16 heavy (non-hydrogen) atoms. The molecule has 1 aromatic carbocycles. The Hall–Kier alpha value is -1.03. The molecule has 0 atom stereocenters. The van der Waals surface area contributed by atoms with Crippen molar-refractivity contribution in [3.8, 4) is 0 Å². The van der Waals surface area contributed by atoms with Crippen LogP contribution >= 0.6 is 15.9 Å². The van der Waals surface area contributed by atoms with Crippen LogP contribution in [0.5, 0.6) is 0 Å². The Bertz CT molecular complexity index is 427. The van der Waals surface area contributed by atoms with Crippen LogP contribution in [-0.4, -0.2) is 17.6 Å². The summed E-state index contributed by atoms with van der Waals surface area (Å²) >= 11 is 3.46. The minimum absolute atomic E-state index is 0.504. The van der Waals surface area contributed by atoms with Crippen LogP contribution < -0.4 is 5.32 Å². The van der Waals surface area contributed by atoms with Crippen molar-refractivity contribution in [1.82, 2.24) is 0 Å². The van der Waals surface area contributed by atoms with Crippen molar-refractivity contribution in [3.63, 3.8) is 0 Å². The zero-order valence-electron chi connectivity index (χ0n) is 9.09. The number of hydrogen-bond donors (Lipinski definition) is 2. The van der Waals surface area contributed by atoms with Crippen molar-refractivity contribution in [1.29, 1.82) is 0 Å². The molecule has 1 aliphatic carbocycles. The molecule has 0 aromatic heterocycles. The van der Waals surface area contributed by atoms with Crippen LogP contribution in [0.1, 0.15) is 18.4 Å². The van der Waals surface area contributed by atoms with E-state index < -0.39 is 11.4 Å². The third-order valence-corrected chi connectivity index (χ3v) is 3.71. The third kappa shape index (κ3) is 2.21. The summed E-state index contributed by atoms with van der Waals surface area (Å²) < 4.78 is 0.980. The molecule has 1 saturated carbocycles. The highest BCUT2D eigenvalue weighted by Crippen LogP contribution is 2.46. The molecule has 1 fully saturated rings. The molecule has 2 N–H and O–H groups in total. The number of benzene rings is 1. The summed E-state index contributed by atoms with van der Waals surface area (Å²) in [5.41, 5.74) is 1.61. The largest absolute Gasteiger partial charge is 0.481 e. The van der Waals surface area contributed by atoms with E-state index in [-0.39, 0.29) is 0 Å². The van der Waals surface area contributed by atoms with Gasteiger partial charge in [0.2, 0.25) is 0 Å². The van der Waals surface area contributed by atoms with Crippen LogP contribution in [0.25, 0.3) is 0 Å². The molecule has 86 valence electrons. The Balaban J connectivity index is 2.03. The van der Waals surface area contributed by atoms with Crippen molar-refractivity contribution >= 4 is 27.6 Å². The summed E-state index contributed by atoms with van der Waals surface area (Å²) in [6, 6.07) is 5.99. The van der Waals surface area contributed by atoms with E-state index in [1.54, 1.807) is 0 Å². The zero-order chi connectivity index (χ0) is 11.8. The van der Waals surface area contributed by atoms with Gasteiger partial charge in [0, 0.05) is 16.7 Å². The summed E-state index contributed by atoms with van der Waals surface area (Å²) in [6.45, 7) is 2.53. The summed E-state index contributed by atoms with van der Waals surface area (Å²) in [5.74, 6) is -0.691. The first kappa shape index (κ1) is 11.5. The number of aryl methyl sites for hydroxylation is 1. The van der Waals surface area contributed by atoms with Crippen LogP contribution in [0.2, 0.25) is 0 Å².